The highest BCUT2D eigenvalue weighted by Crippen LogP contribution is 2.39. The lowest BCUT2D eigenvalue weighted by Crippen LogP contribution is -2.69. The molecule has 97 heavy (non-hydrogen) atoms. The summed E-state index contributed by atoms with van der Waals surface area (Å²) in [6.45, 7) is 2.34. The summed E-state index contributed by atoms with van der Waals surface area (Å²) in [5.74, 6) is -9.32. The highest BCUT2D eigenvalue weighted by atomic mass is 16.8. The molecule has 3 saturated heterocycles. The van der Waals surface area contributed by atoms with Crippen LogP contribution in [-0.2, 0) is 95.0 Å². The molecule has 0 amide bonds. The second-order valence-corrected chi connectivity index (χ2v) is 21.5. The summed E-state index contributed by atoms with van der Waals surface area (Å²) in [4.78, 5) is 137. The largest absolute Gasteiger partial charge is 0.497 e. The van der Waals surface area contributed by atoms with Crippen LogP contribution in [0.1, 0.15) is 86.4 Å². The van der Waals surface area contributed by atoms with Crippen molar-refractivity contribution < 1.29 is 143 Å². The van der Waals surface area contributed by atoms with Gasteiger partial charge in [0.05, 0.1) is 56.3 Å². The Morgan fingerprint density at radius 3 is 1.01 bits per heavy atom. The molecule has 15 atom stereocenters. The molecule has 0 aliphatic carbocycles. The lowest BCUT2D eigenvalue weighted by molar-refractivity contribution is -0.382. The molecular weight excluding hydrogens is 1280 g/mol. The molecule has 0 unspecified atom stereocenters. The molecule has 0 saturated carbocycles. The fourth-order valence-electron chi connectivity index (χ4n) is 10.3. The molecule has 5 aromatic rings. The molecule has 1 N–H and O–H groups in total. The van der Waals surface area contributed by atoms with E-state index in [4.69, 9.17) is 90.0 Å². The molecule has 3 aliphatic rings. The van der Waals surface area contributed by atoms with Crippen molar-refractivity contribution in [3.05, 3.63) is 155 Å². The van der Waals surface area contributed by atoms with Crippen molar-refractivity contribution in [2.45, 2.75) is 127 Å². The second-order valence-electron chi connectivity index (χ2n) is 21.5. The number of aliphatic hydroxyl groups is 1. The first-order valence-electron chi connectivity index (χ1n) is 29.8. The zero-order valence-electron chi connectivity index (χ0n) is 53.7. The minimum Gasteiger partial charge on any atom is -0.497 e. The van der Waals surface area contributed by atoms with E-state index in [9.17, 15) is 53.1 Å². The first-order valence-corrected chi connectivity index (χ1v) is 29.8. The van der Waals surface area contributed by atoms with Gasteiger partial charge in [0.1, 0.15) is 73.3 Å². The molecule has 30 nitrogen and oxygen atoms in total. The number of ether oxygens (including phenoxy) is 19. The zero-order chi connectivity index (χ0) is 70.0. The fourth-order valence-corrected chi connectivity index (χ4v) is 10.3. The van der Waals surface area contributed by atoms with Crippen LogP contribution in [0.2, 0.25) is 0 Å². The zero-order valence-corrected chi connectivity index (χ0v) is 53.7. The summed E-state index contributed by atoms with van der Waals surface area (Å²) in [5.41, 5.74) is -0.645. The summed E-state index contributed by atoms with van der Waals surface area (Å²) in [6, 6.07) is 29.3. The lowest BCUT2D eigenvalue weighted by Gasteiger charge is -2.50. The van der Waals surface area contributed by atoms with Crippen molar-refractivity contribution in [2.75, 3.05) is 48.3 Å². The molecule has 30 heteroatoms. The summed E-state index contributed by atoms with van der Waals surface area (Å²) >= 11 is 0. The van der Waals surface area contributed by atoms with Crippen LogP contribution >= 0.6 is 0 Å². The first-order chi connectivity index (χ1) is 46.5. The van der Waals surface area contributed by atoms with Crippen LogP contribution in [0, 0.1) is 0 Å². The maximum absolute atomic E-state index is 14.9. The van der Waals surface area contributed by atoms with Gasteiger partial charge in [-0.05, 0) is 109 Å². The summed E-state index contributed by atoms with van der Waals surface area (Å²) in [6.07, 6.45) is -31.0. The highest BCUT2D eigenvalue weighted by Gasteiger charge is 2.60. The van der Waals surface area contributed by atoms with Gasteiger partial charge in [0.2, 0.25) is 0 Å². The molecule has 3 aliphatic heterocycles. The number of benzene rings is 5. The Morgan fingerprint density at radius 1 is 0.309 bits per heavy atom. The number of hydrogen-bond acceptors (Lipinski definition) is 30. The second kappa shape index (κ2) is 33.9. The van der Waals surface area contributed by atoms with Crippen LogP contribution in [0.15, 0.2) is 127 Å². The minimum atomic E-state index is -2.36. The maximum atomic E-state index is 14.9. The van der Waals surface area contributed by atoms with Gasteiger partial charge in [-0.15, -0.1) is 0 Å². The number of carbonyl (C=O) groups is 10. The van der Waals surface area contributed by atoms with Crippen LogP contribution in [0.25, 0.3) is 0 Å². The number of rotatable bonds is 26. The fraction of sp³-hybridized carbons (Fsp3) is 0.403. The van der Waals surface area contributed by atoms with E-state index in [0.717, 1.165) is 34.6 Å². The van der Waals surface area contributed by atoms with Crippen molar-refractivity contribution in [1.82, 2.24) is 0 Å². The molecule has 3 fully saturated rings. The topological polar surface area (TPSA) is 366 Å². The predicted octanol–water partition coefficient (Wildman–Crippen LogP) is 4.64. The molecule has 0 bridgehead atoms. The van der Waals surface area contributed by atoms with Crippen molar-refractivity contribution in [1.29, 1.82) is 0 Å². The van der Waals surface area contributed by atoms with Gasteiger partial charge in [-0.3, -0.25) is 24.0 Å². The van der Waals surface area contributed by atoms with E-state index in [1.165, 1.54) is 150 Å². The van der Waals surface area contributed by atoms with Crippen molar-refractivity contribution >= 4 is 59.7 Å². The van der Waals surface area contributed by atoms with E-state index in [1.54, 1.807) is 6.07 Å². The van der Waals surface area contributed by atoms with Crippen molar-refractivity contribution in [2.24, 2.45) is 0 Å². The number of carbonyl (C=O) groups excluding carboxylic acids is 10. The number of esters is 10. The molecule has 518 valence electrons. The van der Waals surface area contributed by atoms with Gasteiger partial charge in [-0.2, -0.15) is 0 Å². The monoisotopic (exact) mass is 1350 g/mol. The summed E-state index contributed by atoms with van der Waals surface area (Å²) in [7, 11) is 5.54. The van der Waals surface area contributed by atoms with Crippen molar-refractivity contribution in [3.63, 3.8) is 0 Å². The van der Waals surface area contributed by atoms with Crippen LogP contribution in [0.5, 0.6) is 23.0 Å². The molecule has 8 rings (SSSR count). The van der Waals surface area contributed by atoms with Crippen LogP contribution < -0.4 is 18.9 Å². The van der Waals surface area contributed by atoms with Gasteiger partial charge in [0.25, 0.3) is 0 Å². The Hall–Kier alpha value is -10.2. The number of aliphatic hydroxyl groups excluding tert-OH is 1. The van der Waals surface area contributed by atoms with E-state index >= 15 is 0 Å². The van der Waals surface area contributed by atoms with Gasteiger partial charge in [0, 0.05) is 34.6 Å². The minimum absolute atomic E-state index is 0.0368. The third kappa shape index (κ3) is 19.3. The standard InChI is InChI=1S/C67H70O30/c1-34(68)83-31-48-53(96-66-58(88-38(5)72)55(87-37(4)71)51(86-36(3)70)49(90-66)32-84-35(2)69)54(57(65(78)89-48)94-61(74)39-13-11-10-12-14-39)97-67-59(95-64(77)43-21-29-47(82-9)30-22-43)56(93-63(76)42-19-27-46(81-8)28-20-42)52(92-62(75)41-17-25-45(80-7)26-18-41)50(91-67)33-85-60(73)40-15-23-44(79-6)24-16-40/h10-30,48-59,65-67,78H,31-33H2,1-9H3/t48-,49-,50-,51-,52-,53-,54+,55+,56+,57-,58-,59-,65+,66+,67+/m1/s1. The quantitative estimate of drug-likeness (QED) is 0.0582. The summed E-state index contributed by atoms with van der Waals surface area (Å²) in [5, 5.41) is 12.3. The Kier molecular flexibility index (Phi) is 25.4. The SMILES string of the molecule is COc1ccc(C(=O)OC[C@H]2O[C@@H](O[C@@H]3[C@@H](OC(=O)c4ccccc4)[C@@H](O)O[C@H](COC(C)=O)[C@H]3O[C@@H]3O[C@H](COC(C)=O)[C@@H](OC(C)=O)[C@H](OC(C)=O)[C@H]3OC(C)=O)[C@H](OC(=O)c3ccc(OC)cc3)[C@@H](OC(=O)c3ccc(OC)cc3)[C@@H]2OC(=O)c2ccc(OC)cc2)cc1. The third-order valence-corrected chi connectivity index (χ3v) is 14.8. The molecule has 5 aromatic carbocycles. The van der Waals surface area contributed by atoms with Gasteiger partial charge in [-0.1, -0.05) is 18.2 Å². The van der Waals surface area contributed by atoms with Crippen LogP contribution in [0.3, 0.4) is 0 Å². The molecule has 3 heterocycles. The van der Waals surface area contributed by atoms with Gasteiger partial charge < -0.3 is 95.1 Å². The van der Waals surface area contributed by atoms with Gasteiger partial charge >= 0.3 is 59.7 Å². The van der Waals surface area contributed by atoms with Crippen LogP contribution in [0.4, 0.5) is 0 Å². The van der Waals surface area contributed by atoms with Crippen molar-refractivity contribution in [3.8, 4) is 23.0 Å². The smallest absolute Gasteiger partial charge is 0.338 e. The number of hydrogen-bond donors (Lipinski definition) is 1. The van der Waals surface area contributed by atoms with Gasteiger partial charge in [-0.25, -0.2) is 24.0 Å². The molecule has 0 radical (unpaired) electrons. The highest BCUT2D eigenvalue weighted by molar-refractivity contribution is 5.92. The Labute approximate surface area is 554 Å². The number of methoxy groups -OCH3 is 4. The molecular formula is C67H70O30. The molecule has 0 aromatic heterocycles. The van der Waals surface area contributed by atoms with E-state index in [1.807, 2.05) is 0 Å². The van der Waals surface area contributed by atoms with E-state index in [-0.39, 0.29) is 27.8 Å². The maximum Gasteiger partial charge on any atom is 0.338 e. The van der Waals surface area contributed by atoms with Crippen LogP contribution in [-0.4, -0.2) is 205 Å². The van der Waals surface area contributed by atoms with E-state index in [2.05, 4.69) is 0 Å². The Morgan fingerprint density at radius 2 is 0.608 bits per heavy atom. The first kappa shape index (κ1) is 72.6. The average molecular weight is 1360 g/mol. The normalized spacial score (nSPS) is 25.0. The van der Waals surface area contributed by atoms with Gasteiger partial charge in [0.15, 0.2) is 61.6 Å². The lowest BCUT2D eigenvalue weighted by atomic mass is 9.95. The molecule has 0 spiro atoms. The Bertz CT molecular complexity index is 3540. The average Bonchev–Trinajstić information content (AvgIpc) is 0.762. The Balaban J connectivity index is 1.36. The van der Waals surface area contributed by atoms with E-state index < -0.39 is 172 Å². The third-order valence-electron chi connectivity index (χ3n) is 14.8. The van der Waals surface area contributed by atoms with E-state index in [0.29, 0.717) is 23.0 Å². The predicted molar refractivity (Wildman–Crippen MR) is 323 cm³/mol. The summed E-state index contributed by atoms with van der Waals surface area (Å²) < 4.78 is 113.